The van der Waals surface area contributed by atoms with Crippen LogP contribution in [0.25, 0.3) is 0 Å². The van der Waals surface area contributed by atoms with E-state index in [0.29, 0.717) is 20.8 Å². The number of anilines is 2. The van der Waals surface area contributed by atoms with Gasteiger partial charge in [-0.15, -0.1) is 0 Å². The average Bonchev–Trinajstić information content (AvgIpc) is 3.39. The Morgan fingerprint density at radius 2 is 1.77 bits per heavy atom. The minimum atomic E-state index is -4.94. The summed E-state index contributed by atoms with van der Waals surface area (Å²) in [6.45, 7) is 3.79. The van der Waals surface area contributed by atoms with Crippen LogP contribution >= 0.6 is 11.6 Å². The van der Waals surface area contributed by atoms with Gasteiger partial charge in [-0.1, -0.05) is 11.6 Å². The molecule has 0 saturated carbocycles. The molecule has 40 heavy (non-hydrogen) atoms. The fourth-order valence-corrected chi connectivity index (χ4v) is 4.56. The highest BCUT2D eigenvalue weighted by molar-refractivity contribution is 6.31. The first-order valence-corrected chi connectivity index (χ1v) is 12.2. The predicted molar refractivity (Wildman–Crippen MR) is 131 cm³/mol. The second-order valence-corrected chi connectivity index (χ2v) is 10.5. The molecule has 2 heterocycles. The van der Waals surface area contributed by atoms with Crippen LogP contribution in [0.2, 0.25) is 5.02 Å². The van der Waals surface area contributed by atoms with E-state index in [9.17, 15) is 41.1 Å². The first-order valence-electron chi connectivity index (χ1n) is 11.8. The van der Waals surface area contributed by atoms with Crippen LogP contribution in [0.1, 0.15) is 48.8 Å². The lowest BCUT2D eigenvalue weighted by Crippen LogP contribution is -2.47. The van der Waals surface area contributed by atoms with Gasteiger partial charge >= 0.3 is 18.3 Å². The summed E-state index contributed by atoms with van der Waals surface area (Å²) in [6, 6.07) is -0.794. The highest BCUT2D eigenvalue weighted by Gasteiger charge is 2.49. The molecule has 0 radical (unpaired) electrons. The first kappa shape index (κ1) is 29.2. The highest BCUT2D eigenvalue weighted by Crippen LogP contribution is 2.40. The van der Waals surface area contributed by atoms with Crippen molar-refractivity contribution >= 4 is 46.9 Å². The average molecular weight is 589 g/mol. The second kappa shape index (κ2) is 9.98. The van der Waals surface area contributed by atoms with Crippen molar-refractivity contribution in [3.63, 3.8) is 0 Å². The van der Waals surface area contributed by atoms with E-state index < -0.39 is 87.6 Å². The number of imide groups is 1. The van der Waals surface area contributed by atoms with E-state index >= 15 is 0 Å². The number of fused-ring (bicyclic) bond motifs is 1. The second-order valence-electron chi connectivity index (χ2n) is 10.1. The van der Waals surface area contributed by atoms with Gasteiger partial charge in [-0.2, -0.15) is 13.2 Å². The maximum absolute atomic E-state index is 14.7. The van der Waals surface area contributed by atoms with Crippen molar-refractivity contribution < 1.29 is 45.9 Å². The number of hydrogen-bond donors (Lipinski definition) is 0. The minimum Gasteiger partial charge on any atom is -0.443 e. The fraction of sp³-hybridized carbons (Fsp3) is 0.400. The third-order valence-corrected chi connectivity index (χ3v) is 6.59. The molecule has 15 heteroatoms. The molecule has 1 aromatic heterocycles. The molecule has 4 rings (SSSR count). The summed E-state index contributed by atoms with van der Waals surface area (Å²) in [5.41, 5.74) is -3.67. The topological polar surface area (TPSA) is 100 Å². The molecule has 1 fully saturated rings. The van der Waals surface area contributed by atoms with Gasteiger partial charge in [0.1, 0.15) is 34.0 Å². The Balaban J connectivity index is 1.84. The maximum Gasteiger partial charge on any atom is 0.418 e. The molecule has 0 N–H and O–H groups in total. The van der Waals surface area contributed by atoms with Gasteiger partial charge in [-0.3, -0.25) is 14.5 Å². The quantitative estimate of drug-likeness (QED) is 0.353. The number of aromatic nitrogens is 1. The number of Topliss-reactive ketones (excluding diaryl/α,β-unsaturated/α-hetero) is 1. The summed E-state index contributed by atoms with van der Waals surface area (Å²) in [5.74, 6) is -4.91. The Morgan fingerprint density at radius 3 is 2.38 bits per heavy atom. The number of pyridine rings is 1. The first-order chi connectivity index (χ1) is 18.4. The predicted octanol–water partition coefficient (Wildman–Crippen LogP) is 5.37. The van der Waals surface area contributed by atoms with Crippen molar-refractivity contribution in [3.05, 3.63) is 51.7 Å². The zero-order valence-corrected chi connectivity index (χ0v) is 22.3. The van der Waals surface area contributed by atoms with E-state index in [2.05, 4.69) is 4.98 Å². The summed E-state index contributed by atoms with van der Waals surface area (Å²) >= 11 is 5.62. The van der Waals surface area contributed by atoms with Gasteiger partial charge in [0.15, 0.2) is 11.6 Å². The van der Waals surface area contributed by atoms with E-state index in [1.165, 1.54) is 20.8 Å². The molecule has 0 unspecified atom stereocenters. The van der Waals surface area contributed by atoms with Crippen LogP contribution in [0.5, 0.6) is 0 Å². The molecular formula is C25H22ClF5N4O5. The molecule has 1 aromatic carbocycles. The standard InChI is InChI=1S/C25H22ClF5N4O5/c1-24(2,3)40-23(39)34-10-15(21(37)33(4)14-7-6-13(27)18(26)19(14)28)35(22(34)38)17-9-12(25(29,30)31)11-5-8-16(36)20(11)32-17/h6-7,9,15H,5,8,10H2,1-4H3/t15-/m0/s1. The van der Waals surface area contributed by atoms with Crippen LogP contribution in [0.15, 0.2) is 18.2 Å². The molecule has 0 spiro atoms. The van der Waals surface area contributed by atoms with Crippen LogP contribution in [0, 0.1) is 11.6 Å². The van der Waals surface area contributed by atoms with E-state index in [1.807, 2.05) is 0 Å². The number of carbonyl (C=O) groups is 4. The van der Waals surface area contributed by atoms with Crippen molar-refractivity contribution in [1.29, 1.82) is 0 Å². The number of nitrogens with zero attached hydrogens (tertiary/aromatic N) is 4. The van der Waals surface area contributed by atoms with Crippen LogP contribution in [-0.4, -0.2) is 58.9 Å². The number of ketones is 1. The summed E-state index contributed by atoms with van der Waals surface area (Å²) < 4.78 is 75.5. The van der Waals surface area contributed by atoms with Crippen LogP contribution in [0.3, 0.4) is 0 Å². The summed E-state index contributed by atoms with van der Waals surface area (Å²) in [5, 5.41) is -0.916. The van der Waals surface area contributed by atoms with Crippen LogP contribution in [-0.2, 0) is 22.1 Å². The minimum absolute atomic E-state index is 0.218. The number of benzene rings is 1. The van der Waals surface area contributed by atoms with Crippen LogP contribution < -0.4 is 9.80 Å². The number of hydrogen-bond acceptors (Lipinski definition) is 6. The smallest absolute Gasteiger partial charge is 0.418 e. The van der Waals surface area contributed by atoms with E-state index in [4.69, 9.17) is 16.3 Å². The fourth-order valence-electron chi connectivity index (χ4n) is 4.40. The Bertz CT molecular complexity index is 1440. The highest BCUT2D eigenvalue weighted by atomic mass is 35.5. The van der Waals surface area contributed by atoms with Crippen molar-refractivity contribution in [2.24, 2.45) is 0 Å². The maximum atomic E-state index is 14.7. The van der Waals surface area contributed by atoms with E-state index in [-0.39, 0.29) is 18.4 Å². The number of amides is 4. The zero-order valence-electron chi connectivity index (χ0n) is 21.5. The zero-order chi connectivity index (χ0) is 29.9. The molecular weight excluding hydrogens is 567 g/mol. The molecule has 214 valence electrons. The lowest BCUT2D eigenvalue weighted by Gasteiger charge is -2.27. The molecule has 4 amide bonds. The number of urea groups is 1. The Kier molecular flexibility index (Phi) is 7.28. The van der Waals surface area contributed by atoms with Gasteiger partial charge in [-0.25, -0.2) is 28.3 Å². The van der Waals surface area contributed by atoms with Gasteiger partial charge in [0.05, 0.1) is 17.8 Å². The Hall–Kier alpha value is -3.81. The number of rotatable bonds is 3. The lowest BCUT2D eigenvalue weighted by molar-refractivity contribution is -0.138. The molecule has 9 nitrogen and oxygen atoms in total. The van der Waals surface area contributed by atoms with Gasteiger partial charge in [0.2, 0.25) is 0 Å². The molecule has 1 saturated heterocycles. The number of carbonyl (C=O) groups excluding carboxylic acids is 4. The van der Waals surface area contributed by atoms with Crippen molar-refractivity contribution in [2.75, 3.05) is 23.4 Å². The van der Waals surface area contributed by atoms with E-state index in [1.54, 1.807) is 0 Å². The third-order valence-electron chi connectivity index (χ3n) is 6.24. The van der Waals surface area contributed by atoms with Crippen molar-refractivity contribution in [1.82, 2.24) is 9.88 Å². The number of likely N-dealkylation sites (N-methyl/N-ethyl adjacent to an activating group) is 1. The molecule has 2 aliphatic rings. The molecule has 1 aliphatic carbocycles. The molecule has 1 atom stereocenters. The monoisotopic (exact) mass is 588 g/mol. The molecule has 0 bridgehead atoms. The number of ether oxygens (including phenoxy) is 1. The number of halogens is 6. The summed E-state index contributed by atoms with van der Waals surface area (Å²) in [6.07, 6.45) is -6.60. The summed E-state index contributed by atoms with van der Waals surface area (Å²) in [4.78, 5) is 57.9. The third kappa shape index (κ3) is 5.19. The Morgan fingerprint density at radius 1 is 1.12 bits per heavy atom. The normalized spacial score (nSPS) is 17.4. The lowest BCUT2D eigenvalue weighted by atomic mass is 10.1. The van der Waals surface area contributed by atoms with Crippen LogP contribution in [0.4, 0.5) is 43.0 Å². The van der Waals surface area contributed by atoms with Gasteiger partial charge in [0, 0.05) is 13.5 Å². The van der Waals surface area contributed by atoms with E-state index in [0.717, 1.165) is 19.2 Å². The molecule has 2 aromatic rings. The summed E-state index contributed by atoms with van der Waals surface area (Å²) in [7, 11) is 1.06. The van der Waals surface area contributed by atoms with Gasteiger partial charge in [0.25, 0.3) is 5.91 Å². The van der Waals surface area contributed by atoms with Gasteiger partial charge < -0.3 is 9.64 Å². The van der Waals surface area contributed by atoms with Crippen molar-refractivity contribution in [2.45, 2.75) is 51.4 Å². The largest absolute Gasteiger partial charge is 0.443 e. The SMILES string of the molecule is CN(C(=O)[C@@H]1CN(C(=O)OC(C)(C)C)C(=O)N1c1cc(C(F)(F)F)c2c(n1)C(=O)CC2)c1ccc(F)c(Cl)c1F. The number of alkyl halides is 3. The van der Waals surface area contributed by atoms with Gasteiger partial charge in [-0.05, 0) is 51.0 Å². The van der Waals surface area contributed by atoms with Crippen molar-refractivity contribution in [3.8, 4) is 0 Å². The Labute approximate surface area is 229 Å². The molecule has 1 aliphatic heterocycles.